The Morgan fingerprint density at radius 2 is 2.15 bits per heavy atom. The summed E-state index contributed by atoms with van der Waals surface area (Å²) >= 11 is 0. The number of ether oxygens (including phenoxy) is 1. The van der Waals surface area contributed by atoms with Crippen molar-refractivity contribution >= 4 is 11.7 Å². The highest BCUT2D eigenvalue weighted by molar-refractivity contribution is 6.06. The molecule has 0 radical (unpaired) electrons. The summed E-state index contributed by atoms with van der Waals surface area (Å²) < 4.78 is 7.73. The third-order valence-electron chi connectivity index (χ3n) is 4.24. The Morgan fingerprint density at radius 3 is 3.04 bits per heavy atom. The van der Waals surface area contributed by atoms with Crippen molar-refractivity contribution in [3.63, 3.8) is 0 Å². The predicted octanol–water partition coefficient (Wildman–Crippen LogP) is 2.64. The van der Waals surface area contributed by atoms with Crippen LogP contribution in [-0.4, -0.2) is 32.3 Å². The standard InChI is InChI=1S/C19H16N6O2/c20-11-13-6-7-16-14(10-13)19(26)23-17-5-3-4-15(22-17)18-24-21-12-25(18)8-1-2-9-27-16/h3-7,10,12H,1-2,8-9H2,(H,22,23,26). The number of nitrogens with zero attached hydrogens (tertiary/aromatic N) is 5. The first-order valence-corrected chi connectivity index (χ1v) is 8.58. The van der Waals surface area contributed by atoms with E-state index in [0.29, 0.717) is 40.8 Å². The number of carbonyl (C=O) groups excluding carboxylic acids is 1. The molecule has 0 fully saturated rings. The van der Waals surface area contributed by atoms with Gasteiger partial charge in [-0.05, 0) is 43.2 Å². The van der Waals surface area contributed by atoms with Crippen molar-refractivity contribution < 1.29 is 9.53 Å². The first kappa shape index (κ1) is 16.7. The van der Waals surface area contributed by atoms with Gasteiger partial charge >= 0.3 is 0 Å². The number of aromatic nitrogens is 4. The Bertz CT molecular complexity index is 1040. The molecule has 8 nitrogen and oxygen atoms in total. The monoisotopic (exact) mass is 360 g/mol. The van der Waals surface area contributed by atoms with Crippen LogP contribution in [0, 0.1) is 11.3 Å². The van der Waals surface area contributed by atoms with Crippen molar-refractivity contribution in [2.24, 2.45) is 0 Å². The van der Waals surface area contributed by atoms with Gasteiger partial charge in [-0.2, -0.15) is 5.26 Å². The minimum absolute atomic E-state index is 0.307. The van der Waals surface area contributed by atoms with Gasteiger partial charge < -0.3 is 14.6 Å². The summed E-state index contributed by atoms with van der Waals surface area (Å²) in [5, 5.41) is 20.0. The number of hydrogen-bond acceptors (Lipinski definition) is 6. The van der Waals surface area contributed by atoms with Gasteiger partial charge in [-0.1, -0.05) is 6.07 Å². The second-order valence-electron chi connectivity index (χ2n) is 6.09. The molecule has 0 unspecified atom stereocenters. The Kier molecular flexibility index (Phi) is 4.49. The third kappa shape index (κ3) is 3.48. The largest absolute Gasteiger partial charge is 0.493 e. The first-order valence-electron chi connectivity index (χ1n) is 8.58. The van der Waals surface area contributed by atoms with Crippen molar-refractivity contribution in [3.8, 4) is 23.3 Å². The SMILES string of the molecule is N#Cc1ccc2c(c1)C(=O)Nc1cccc(n1)-c1nncn1CCCCO2. The summed E-state index contributed by atoms with van der Waals surface area (Å²) in [5.74, 6) is 1.10. The first-order chi connectivity index (χ1) is 13.2. The average molecular weight is 360 g/mol. The van der Waals surface area contributed by atoms with E-state index in [4.69, 9.17) is 10.00 Å². The van der Waals surface area contributed by atoms with Gasteiger partial charge in [0.2, 0.25) is 0 Å². The van der Waals surface area contributed by atoms with Crippen LogP contribution < -0.4 is 10.1 Å². The van der Waals surface area contributed by atoms with Crippen LogP contribution in [0.4, 0.5) is 5.82 Å². The lowest BCUT2D eigenvalue weighted by Gasteiger charge is -2.14. The highest BCUT2D eigenvalue weighted by atomic mass is 16.5. The number of anilines is 1. The second-order valence-corrected chi connectivity index (χ2v) is 6.09. The maximum atomic E-state index is 12.8. The van der Waals surface area contributed by atoms with Gasteiger partial charge in [0.25, 0.3) is 5.91 Å². The van der Waals surface area contributed by atoms with E-state index in [-0.39, 0.29) is 5.91 Å². The summed E-state index contributed by atoms with van der Waals surface area (Å²) in [5.41, 5.74) is 1.33. The second kappa shape index (κ2) is 7.25. The number of amides is 1. The zero-order valence-corrected chi connectivity index (χ0v) is 14.4. The quantitative estimate of drug-likeness (QED) is 0.661. The molecular formula is C19H16N6O2. The Labute approximate surface area is 155 Å². The number of aryl methyl sites for hydroxylation is 1. The number of pyridine rings is 1. The summed E-state index contributed by atoms with van der Waals surface area (Å²) in [4.78, 5) is 17.2. The van der Waals surface area contributed by atoms with E-state index in [2.05, 4.69) is 20.5 Å². The molecule has 8 heteroatoms. The molecule has 3 aromatic rings. The van der Waals surface area contributed by atoms with E-state index in [1.165, 1.54) is 6.07 Å². The molecule has 0 atom stereocenters. The maximum absolute atomic E-state index is 12.8. The molecule has 0 aliphatic carbocycles. The fourth-order valence-corrected chi connectivity index (χ4v) is 2.90. The van der Waals surface area contributed by atoms with Gasteiger partial charge in [-0.25, -0.2) is 4.98 Å². The smallest absolute Gasteiger partial charge is 0.260 e. The van der Waals surface area contributed by atoms with Gasteiger partial charge in [0.1, 0.15) is 23.6 Å². The van der Waals surface area contributed by atoms with E-state index in [9.17, 15) is 4.79 Å². The number of nitrogens with one attached hydrogen (secondary N) is 1. The number of rotatable bonds is 0. The van der Waals surface area contributed by atoms with E-state index >= 15 is 0 Å². The van der Waals surface area contributed by atoms with Crippen molar-refractivity contribution in [2.45, 2.75) is 19.4 Å². The van der Waals surface area contributed by atoms with Crippen molar-refractivity contribution in [2.75, 3.05) is 11.9 Å². The van der Waals surface area contributed by atoms with E-state index < -0.39 is 0 Å². The normalized spacial score (nSPS) is 14.0. The van der Waals surface area contributed by atoms with Crippen LogP contribution in [0.3, 0.4) is 0 Å². The Hall–Kier alpha value is -3.73. The molecule has 27 heavy (non-hydrogen) atoms. The lowest BCUT2D eigenvalue weighted by Crippen LogP contribution is -2.16. The minimum Gasteiger partial charge on any atom is -0.493 e. The molecule has 4 rings (SSSR count). The fraction of sp³-hybridized carbons (Fsp3) is 0.211. The summed E-state index contributed by atoms with van der Waals surface area (Å²) in [6.45, 7) is 1.21. The summed E-state index contributed by atoms with van der Waals surface area (Å²) in [6, 6.07) is 12.2. The zero-order chi connectivity index (χ0) is 18.6. The van der Waals surface area contributed by atoms with Crippen LogP contribution in [0.5, 0.6) is 5.75 Å². The van der Waals surface area contributed by atoms with E-state index in [0.717, 1.165) is 19.4 Å². The molecule has 0 saturated carbocycles. The Balaban J connectivity index is 1.75. The lowest BCUT2D eigenvalue weighted by atomic mass is 10.1. The number of carbonyl (C=O) groups is 1. The van der Waals surface area contributed by atoms with Gasteiger partial charge in [-0.3, -0.25) is 4.79 Å². The van der Waals surface area contributed by atoms with Crippen molar-refractivity contribution in [1.82, 2.24) is 19.7 Å². The molecule has 2 aromatic heterocycles. The maximum Gasteiger partial charge on any atom is 0.260 e. The van der Waals surface area contributed by atoms with Crippen molar-refractivity contribution in [3.05, 3.63) is 53.9 Å². The molecular weight excluding hydrogens is 344 g/mol. The highest BCUT2D eigenvalue weighted by Gasteiger charge is 2.17. The van der Waals surface area contributed by atoms with Gasteiger partial charge in [-0.15, -0.1) is 10.2 Å². The molecule has 2 bridgehead atoms. The van der Waals surface area contributed by atoms with Crippen LogP contribution in [0.15, 0.2) is 42.7 Å². The van der Waals surface area contributed by atoms with Crippen LogP contribution in [-0.2, 0) is 6.54 Å². The predicted molar refractivity (Wildman–Crippen MR) is 97.1 cm³/mol. The van der Waals surface area contributed by atoms with Gasteiger partial charge in [0.15, 0.2) is 5.82 Å². The van der Waals surface area contributed by atoms with E-state index in [1.54, 1.807) is 30.6 Å². The van der Waals surface area contributed by atoms with Crippen LogP contribution >= 0.6 is 0 Å². The molecule has 1 N–H and O–H groups in total. The Morgan fingerprint density at radius 1 is 1.22 bits per heavy atom. The number of benzene rings is 1. The van der Waals surface area contributed by atoms with Crippen molar-refractivity contribution in [1.29, 1.82) is 5.26 Å². The third-order valence-corrected chi connectivity index (χ3v) is 4.24. The van der Waals surface area contributed by atoms with Crippen LogP contribution in [0.25, 0.3) is 11.5 Å². The molecule has 1 aromatic carbocycles. The number of fused-ring (bicyclic) bond motifs is 5. The zero-order valence-electron chi connectivity index (χ0n) is 14.4. The molecule has 1 aliphatic rings. The van der Waals surface area contributed by atoms with Crippen LogP contribution in [0.1, 0.15) is 28.8 Å². The average Bonchev–Trinajstić information content (AvgIpc) is 3.16. The van der Waals surface area contributed by atoms with Crippen LogP contribution in [0.2, 0.25) is 0 Å². The minimum atomic E-state index is -0.384. The molecule has 1 amide bonds. The van der Waals surface area contributed by atoms with Gasteiger partial charge in [0, 0.05) is 6.54 Å². The number of nitriles is 1. The summed E-state index contributed by atoms with van der Waals surface area (Å²) in [6.07, 6.45) is 3.34. The topological polar surface area (TPSA) is 106 Å². The summed E-state index contributed by atoms with van der Waals surface area (Å²) in [7, 11) is 0. The highest BCUT2D eigenvalue weighted by Crippen LogP contribution is 2.23. The lowest BCUT2D eigenvalue weighted by molar-refractivity contribution is 0.102. The van der Waals surface area contributed by atoms with E-state index in [1.807, 2.05) is 16.7 Å². The molecule has 0 saturated heterocycles. The number of hydrogen-bond donors (Lipinski definition) is 1. The molecule has 0 spiro atoms. The van der Waals surface area contributed by atoms with Gasteiger partial charge in [0.05, 0.1) is 23.8 Å². The fourth-order valence-electron chi connectivity index (χ4n) is 2.90. The molecule has 134 valence electrons. The molecule has 3 heterocycles. The molecule has 1 aliphatic heterocycles.